The van der Waals surface area contributed by atoms with E-state index in [2.05, 4.69) is 17.1 Å². The summed E-state index contributed by atoms with van der Waals surface area (Å²) in [4.78, 5) is 15.8. The van der Waals surface area contributed by atoms with Gasteiger partial charge in [-0.15, -0.1) is 0 Å². The zero-order chi connectivity index (χ0) is 20.0. The van der Waals surface area contributed by atoms with Crippen LogP contribution >= 0.6 is 0 Å². The molecule has 0 aliphatic rings. The van der Waals surface area contributed by atoms with E-state index in [1.807, 2.05) is 5.32 Å². The van der Waals surface area contributed by atoms with Gasteiger partial charge in [-0.1, -0.05) is 18.5 Å². The highest BCUT2D eigenvalue weighted by Crippen LogP contribution is 2.21. The summed E-state index contributed by atoms with van der Waals surface area (Å²) in [6, 6.07) is 0.847. The zero-order valence-corrected chi connectivity index (χ0v) is 15.4. The van der Waals surface area contributed by atoms with Gasteiger partial charge in [-0.3, -0.25) is 4.79 Å². The maximum Gasteiger partial charge on any atom is 0.408 e. The molecule has 0 aliphatic carbocycles. The van der Waals surface area contributed by atoms with Gasteiger partial charge in [-0.25, -0.2) is 4.98 Å². The fraction of sp³-hybridized carbons (Fsp3) is 0.500. The molecule has 9 heteroatoms. The number of ether oxygens (including phenoxy) is 1. The molecule has 2 aromatic heterocycles. The molecule has 1 unspecified atom stereocenters. The summed E-state index contributed by atoms with van der Waals surface area (Å²) in [5.41, 5.74) is 1.71. The lowest BCUT2D eigenvalue weighted by Gasteiger charge is -2.17. The molecule has 0 fully saturated rings. The predicted molar refractivity (Wildman–Crippen MR) is 91.4 cm³/mol. The third kappa shape index (κ3) is 5.70. The Morgan fingerprint density at radius 2 is 2.11 bits per heavy atom. The van der Waals surface area contributed by atoms with Crippen molar-refractivity contribution in [3.8, 4) is 5.88 Å². The molecule has 6 nitrogen and oxygen atoms in total. The number of alkyl halides is 3. The number of amides is 1. The van der Waals surface area contributed by atoms with E-state index >= 15 is 0 Å². The van der Waals surface area contributed by atoms with E-state index in [0.717, 1.165) is 37.4 Å². The van der Waals surface area contributed by atoms with Crippen molar-refractivity contribution in [2.45, 2.75) is 58.9 Å². The first kappa shape index (κ1) is 20.7. The second-order valence-corrected chi connectivity index (χ2v) is 6.18. The molecule has 148 valence electrons. The minimum absolute atomic E-state index is 0.0169. The number of hydrogen-bond donors (Lipinski definition) is 1. The Labute approximate surface area is 155 Å². The van der Waals surface area contributed by atoms with Crippen molar-refractivity contribution >= 4 is 5.91 Å². The Balaban J connectivity index is 1.96. The average molecular weight is 385 g/mol. The van der Waals surface area contributed by atoms with Crippen molar-refractivity contribution in [2.24, 2.45) is 0 Å². The van der Waals surface area contributed by atoms with Gasteiger partial charge in [-0.2, -0.15) is 13.2 Å². The Morgan fingerprint density at radius 1 is 1.37 bits per heavy atom. The SMILES string of the molecule is CCCCc1noc(C)c1COc1ccc(C(=O)NC(C)C(F)(F)F)cn1. The maximum atomic E-state index is 12.5. The Bertz CT molecular complexity index is 757. The number of halogens is 3. The number of carbonyl (C=O) groups excluding carboxylic acids is 1. The highest BCUT2D eigenvalue weighted by Gasteiger charge is 2.37. The van der Waals surface area contributed by atoms with Gasteiger partial charge in [-0.05, 0) is 32.8 Å². The molecule has 2 rings (SSSR count). The number of pyridine rings is 1. The van der Waals surface area contributed by atoms with E-state index in [9.17, 15) is 18.0 Å². The minimum atomic E-state index is -4.50. The topological polar surface area (TPSA) is 77.2 Å². The van der Waals surface area contributed by atoms with E-state index < -0.39 is 18.1 Å². The summed E-state index contributed by atoms with van der Waals surface area (Å²) in [7, 11) is 0. The lowest BCUT2D eigenvalue weighted by molar-refractivity contribution is -0.149. The second kappa shape index (κ2) is 8.88. The van der Waals surface area contributed by atoms with E-state index in [0.29, 0.717) is 5.76 Å². The number of unbranched alkanes of at least 4 members (excludes halogenated alkanes) is 1. The first-order chi connectivity index (χ1) is 12.7. The van der Waals surface area contributed by atoms with Crippen LogP contribution in [0.1, 0.15) is 54.1 Å². The van der Waals surface area contributed by atoms with E-state index in [-0.39, 0.29) is 18.1 Å². The van der Waals surface area contributed by atoms with E-state index in [4.69, 9.17) is 9.26 Å². The molecule has 27 heavy (non-hydrogen) atoms. The molecule has 1 amide bonds. The van der Waals surface area contributed by atoms with Gasteiger partial charge < -0.3 is 14.6 Å². The number of hydrogen-bond acceptors (Lipinski definition) is 5. The number of rotatable bonds is 8. The van der Waals surface area contributed by atoms with Crippen molar-refractivity contribution in [1.82, 2.24) is 15.5 Å². The summed E-state index contributed by atoms with van der Waals surface area (Å²) in [5.74, 6) is 0.0614. The zero-order valence-electron chi connectivity index (χ0n) is 15.4. The van der Waals surface area contributed by atoms with Crippen LogP contribution in [0.2, 0.25) is 0 Å². The molecule has 2 heterocycles. The van der Waals surface area contributed by atoms with E-state index in [1.165, 1.54) is 18.3 Å². The lowest BCUT2D eigenvalue weighted by atomic mass is 10.1. The van der Waals surface area contributed by atoms with E-state index in [1.54, 1.807) is 6.92 Å². The smallest absolute Gasteiger partial charge is 0.408 e. The van der Waals surface area contributed by atoms with Gasteiger partial charge in [0.25, 0.3) is 5.91 Å². The number of nitrogens with zero attached hydrogens (tertiary/aromatic N) is 2. The molecule has 0 spiro atoms. The van der Waals surface area contributed by atoms with Gasteiger partial charge in [0.05, 0.1) is 16.8 Å². The van der Waals surface area contributed by atoms with Crippen molar-refractivity contribution in [2.75, 3.05) is 0 Å². The van der Waals surface area contributed by atoms with Crippen LogP contribution in [-0.4, -0.2) is 28.3 Å². The van der Waals surface area contributed by atoms with Crippen LogP contribution in [0.3, 0.4) is 0 Å². The fourth-order valence-corrected chi connectivity index (χ4v) is 2.27. The molecule has 0 aliphatic heterocycles. The molecular weight excluding hydrogens is 363 g/mol. The van der Waals surface area contributed by atoms with Gasteiger partial charge in [0.15, 0.2) is 0 Å². The maximum absolute atomic E-state index is 12.5. The monoisotopic (exact) mass is 385 g/mol. The first-order valence-electron chi connectivity index (χ1n) is 8.62. The average Bonchev–Trinajstić information content (AvgIpc) is 2.97. The van der Waals surface area contributed by atoms with Gasteiger partial charge in [0, 0.05) is 12.3 Å². The molecule has 2 aromatic rings. The van der Waals surface area contributed by atoms with Crippen LogP contribution in [0.25, 0.3) is 0 Å². The van der Waals surface area contributed by atoms with Gasteiger partial charge in [0.2, 0.25) is 5.88 Å². The molecule has 1 atom stereocenters. The summed E-state index contributed by atoms with van der Waals surface area (Å²) in [6.45, 7) is 4.96. The first-order valence-corrected chi connectivity index (χ1v) is 8.62. The van der Waals surface area contributed by atoms with Crippen LogP contribution in [0.4, 0.5) is 13.2 Å². The molecule has 0 saturated heterocycles. The summed E-state index contributed by atoms with van der Waals surface area (Å²) in [5, 5.41) is 5.91. The normalized spacial score (nSPS) is 12.7. The van der Waals surface area contributed by atoms with Crippen LogP contribution in [-0.2, 0) is 13.0 Å². The van der Waals surface area contributed by atoms with Crippen molar-refractivity contribution in [3.05, 3.63) is 40.9 Å². The quantitative estimate of drug-likeness (QED) is 0.744. The van der Waals surface area contributed by atoms with Gasteiger partial charge >= 0.3 is 6.18 Å². The van der Waals surface area contributed by atoms with Crippen molar-refractivity contribution in [3.63, 3.8) is 0 Å². The molecular formula is C18H22F3N3O3. The molecule has 0 aromatic carbocycles. The fourth-order valence-electron chi connectivity index (χ4n) is 2.27. The minimum Gasteiger partial charge on any atom is -0.473 e. The predicted octanol–water partition coefficient (Wildman–Crippen LogP) is 3.98. The molecule has 1 N–H and O–H groups in total. The number of aryl methyl sites for hydroxylation is 2. The standard InChI is InChI=1S/C18H22F3N3O3/c1-4-5-6-15-14(11(2)27-24-15)10-26-16-8-7-13(9-22-16)17(25)23-12(3)18(19,20)21/h7-9,12H,4-6,10H2,1-3H3,(H,23,25). The van der Waals surface area contributed by atoms with Crippen LogP contribution in [0.15, 0.2) is 22.9 Å². The summed E-state index contributed by atoms with van der Waals surface area (Å²) >= 11 is 0. The Kier molecular flexibility index (Phi) is 6.81. The molecule has 0 bridgehead atoms. The van der Waals surface area contributed by atoms with Crippen LogP contribution in [0, 0.1) is 6.92 Å². The van der Waals surface area contributed by atoms with Crippen molar-refractivity contribution < 1.29 is 27.2 Å². The largest absolute Gasteiger partial charge is 0.473 e. The summed E-state index contributed by atoms with van der Waals surface area (Å²) < 4.78 is 48.3. The molecule has 0 saturated carbocycles. The Morgan fingerprint density at radius 3 is 2.70 bits per heavy atom. The summed E-state index contributed by atoms with van der Waals surface area (Å²) in [6.07, 6.45) is -0.525. The number of carbonyl (C=O) groups is 1. The highest BCUT2D eigenvalue weighted by atomic mass is 19.4. The number of aromatic nitrogens is 2. The van der Waals surface area contributed by atoms with Gasteiger partial charge in [0.1, 0.15) is 18.4 Å². The highest BCUT2D eigenvalue weighted by molar-refractivity contribution is 5.94. The number of nitrogens with one attached hydrogen (secondary N) is 1. The third-order valence-electron chi connectivity index (χ3n) is 4.03. The second-order valence-electron chi connectivity index (χ2n) is 6.18. The lowest BCUT2D eigenvalue weighted by Crippen LogP contribution is -2.43. The van der Waals surface area contributed by atoms with Crippen molar-refractivity contribution in [1.29, 1.82) is 0 Å². The molecule has 0 radical (unpaired) electrons. The van der Waals surface area contributed by atoms with Crippen LogP contribution in [0.5, 0.6) is 5.88 Å². The Hall–Kier alpha value is -2.58. The van der Waals surface area contributed by atoms with Crippen LogP contribution < -0.4 is 10.1 Å². The third-order valence-corrected chi connectivity index (χ3v) is 4.03.